The smallest absolute Gasteiger partial charge is 0.269 e. The first-order chi connectivity index (χ1) is 17.3. The summed E-state index contributed by atoms with van der Waals surface area (Å²) >= 11 is 6.32. The number of carbonyl (C=O) groups excluding carboxylic acids is 3. The number of rotatable bonds is 8. The molecule has 1 fully saturated rings. The van der Waals surface area contributed by atoms with E-state index in [1.54, 1.807) is 48.5 Å². The largest absolute Gasteiger partial charge is 0.494 e. The molecule has 0 N–H and O–H groups in total. The molecule has 1 aliphatic heterocycles. The summed E-state index contributed by atoms with van der Waals surface area (Å²) < 4.78 is 5.42. The van der Waals surface area contributed by atoms with Crippen LogP contribution in [0.15, 0.2) is 72.8 Å². The Morgan fingerprint density at radius 3 is 2.36 bits per heavy atom. The van der Waals surface area contributed by atoms with Crippen molar-refractivity contribution in [1.29, 1.82) is 0 Å². The van der Waals surface area contributed by atoms with Gasteiger partial charge >= 0.3 is 0 Å². The molecule has 0 aliphatic carbocycles. The minimum absolute atomic E-state index is 0.0314. The van der Waals surface area contributed by atoms with Gasteiger partial charge in [0.05, 0.1) is 23.6 Å². The van der Waals surface area contributed by atoms with Gasteiger partial charge in [0.1, 0.15) is 11.8 Å². The van der Waals surface area contributed by atoms with Crippen molar-refractivity contribution in [3.8, 4) is 5.75 Å². The van der Waals surface area contributed by atoms with E-state index in [1.165, 1.54) is 29.2 Å². The minimum atomic E-state index is -1.08. The molecular formula is C26H22ClN3O6. The number of nitro groups is 1. The number of non-ortho nitro benzene ring substituents is 1. The lowest BCUT2D eigenvalue weighted by Gasteiger charge is -2.28. The van der Waals surface area contributed by atoms with Crippen LogP contribution in [0.1, 0.15) is 29.3 Å². The van der Waals surface area contributed by atoms with Crippen molar-refractivity contribution in [3.05, 3.63) is 99.1 Å². The van der Waals surface area contributed by atoms with E-state index in [1.807, 2.05) is 6.92 Å². The lowest BCUT2D eigenvalue weighted by molar-refractivity contribution is -0.384. The van der Waals surface area contributed by atoms with Crippen molar-refractivity contribution in [2.75, 3.05) is 11.5 Å². The van der Waals surface area contributed by atoms with Crippen LogP contribution >= 0.6 is 11.6 Å². The third kappa shape index (κ3) is 5.06. The summed E-state index contributed by atoms with van der Waals surface area (Å²) in [6, 6.07) is 17.4. The normalized spacial score (nSPS) is 15.2. The van der Waals surface area contributed by atoms with Crippen LogP contribution < -0.4 is 9.64 Å². The molecule has 0 spiro atoms. The quantitative estimate of drug-likeness (QED) is 0.250. The zero-order valence-electron chi connectivity index (χ0n) is 19.3. The molecule has 3 aromatic carbocycles. The highest BCUT2D eigenvalue weighted by Crippen LogP contribution is 2.30. The molecule has 0 bridgehead atoms. The Kier molecular flexibility index (Phi) is 7.30. The molecular weight excluding hydrogens is 486 g/mol. The number of nitro benzene ring substituents is 1. The van der Waals surface area contributed by atoms with Crippen molar-refractivity contribution in [2.24, 2.45) is 0 Å². The standard InChI is InChI=1S/C26H22ClN3O6/c1-2-36-21-13-11-19(12-14-21)29-24(31)15-23(26(29)33)28(16-18-5-3-4-6-22(18)27)25(32)17-7-9-20(10-8-17)30(34)35/h3-14,23H,2,15-16H2,1H3. The molecule has 36 heavy (non-hydrogen) atoms. The summed E-state index contributed by atoms with van der Waals surface area (Å²) in [7, 11) is 0. The maximum absolute atomic E-state index is 13.6. The number of nitrogens with zero attached hydrogens (tertiary/aromatic N) is 3. The average molecular weight is 508 g/mol. The lowest BCUT2D eigenvalue weighted by atomic mass is 10.1. The predicted molar refractivity (Wildman–Crippen MR) is 133 cm³/mol. The second-order valence-corrected chi connectivity index (χ2v) is 8.45. The highest BCUT2D eigenvalue weighted by atomic mass is 35.5. The Bertz CT molecular complexity index is 1310. The van der Waals surface area contributed by atoms with Crippen LogP contribution in [-0.2, 0) is 16.1 Å². The molecule has 9 nitrogen and oxygen atoms in total. The van der Waals surface area contributed by atoms with Gasteiger partial charge in [-0.3, -0.25) is 24.5 Å². The van der Waals surface area contributed by atoms with Gasteiger partial charge in [0.2, 0.25) is 5.91 Å². The average Bonchev–Trinajstić information content (AvgIpc) is 3.17. The van der Waals surface area contributed by atoms with Crippen LogP contribution in [-0.4, -0.2) is 40.2 Å². The topological polar surface area (TPSA) is 110 Å². The van der Waals surface area contributed by atoms with E-state index in [0.717, 1.165) is 4.90 Å². The third-order valence-corrected chi connectivity index (χ3v) is 6.16. The maximum atomic E-state index is 13.6. The van der Waals surface area contributed by atoms with Gasteiger partial charge in [-0.15, -0.1) is 0 Å². The first kappa shape index (κ1) is 24.9. The summed E-state index contributed by atoms with van der Waals surface area (Å²) in [6.07, 6.45) is -0.213. The lowest BCUT2D eigenvalue weighted by Crippen LogP contribution is -2.45. The van der Waals surface area contributed by atoms with Crippen LogP contribution in [0, 0.1) is 10.1 Å². The van der Waals surface area contributed by atoms with Crippen LogP contribution in [0.25, 0.3) is 0 Å². The summed E-state index contributed by atoms with van der Waals surface area (Å²) in [6.45, 7) is 2.29. The van der Waals surface area contributed by atoms with Gasteiger partial charge in [-0.2, -0.15) is 0 Å². The number of ether oxygens (including phenoxy) is 1. The first-order valence-corrected chi connectivity index (χ1v) is 11.6. The predicted octanol–water partition coefficient (Wildman–Crippen LogP) is 4.62. The fourth-order valence-electron chi connectivity index (χ4n) is 4.01. The van der Waals surface area contributed by atoms with E-state index in [9.17, 15) is 24.5 Å². The number of imide groups is 1. The number of hydrogen-bond donors (Lipinski definition) is 0. The third-order valence-electron chi connectivity index (χ3n) is 5.79. The Labute approximate surface area is 212 Å². The Balaban J connectivity index is 1.67. The van der Waals surface area contributed by atoms with Crippen LogP contribution in [0.4, 0.5) is 11.4 Å². The maximum Gasteiger partial charge on any atom is 0.269 e. The highest BCUT2D eigenvalue weighted by molar-refractivity contribution is 6.31. The Hall–Kier alpha value is -4.24. The van der Waals surface area contributed by atoms with E-state index in [-0.39, 0.29) is 24.2 Å². The Morgan fingerprint density at radius 1 is 1.08 bits per heavy atom. The molecule has 0 radical (unpaired) electrons. The van der Waals surface area contributed by atoms with Crippen LogP contribution in [0.5, 0.6) is 5.75 Å². The molecule has 1 aliphatic rings. The van der Waals surface area contributed by atoms with Gasteiger partial charge < -0.3 is 9.64 Å². The van der Waals surface area contributed by atoms with Crippen molar-refractivity contribution >= 4 is 40.7 Å². The fraction of sp³-hybridized carbons (Fsp3) is 0.192. The van der Waals surface area contributed by atoms with Crippen molar-refractivity contribution < 1.29 is 24.0 Å². The second kappa shape index (κ2) is 10.6. The molecule has 1 saturated heterocycles. The second-order valence-electron chi connectivity index (χ2n) is 8.04. The molecule has 0 saturated carbocycles. The van der Waals surface area contributed by atoms with Crippen molar-refractivity contribution in [2.45, 2.75) is 25.9 Å². The van der Waals surface area contributed by atoms with Gasteiger partial charge in [-0.1, -0.05) is 29.8 Å². The minimum Gasteiger partial charge on any atom is -0.494 e. The molecule has 4 rings (SSSR count). The number of hydrogen-bond acceptors (Lipinski definition) is 6. The summed E-state index contributed by atoms with van der Waals surface area (Å²) in [4.78, 5) is 52.8. The number of carbonyl (C=O) groups is 3. The van der Waals surface area contributed by atoms with Gasteiger partial charge in [0.15, 0.2) is 0 Å². The zero-order valence-corrected chi connectivity index (χ0v) is 20.1. The SMILES string of the molecule is CCOc1ccc(N2C(=O)CC(N(Cc3ccccc3Cl)C(=O)c3ccc([N+](=O)[O-])cc3)C2=O)cc1. The zero-order chi connectivity index (χ0) is 25.8. The molecule has 10 heteroatoms. The molecule has 1 unspecified atom stereocenters. The molecule has 184 valence electrons. The Morgan fingerprint density at radius 2 is 1.75 bits per heavy atom. The molecule has 3 amide bonds. The van der Waals surface area contributed by atoms with Crippen molar-refractivity contribution in [3.63, 3.8) is 0 Å². The molecule has 1 heterocycles. The number of halogens is 1. The molecule has 0 aromatic heterocycles. The number of benzene rings is 3. The van der Waals surface area contributed by atoms with Gasteiger partial charge in [-0.05, 0) is 55.0 Å². The molecule has 1 atom stereocenters. The van der Waals surface area contributed by atoms with E-state index in [2.05, 4.69) is 0 Å². The molecule has 3 aromatic rings. The van der Waals surface area contributed by atoms with Gasteiger partial charge in [0.25, 0.3) is 17.5 Å². The number of amides is 3. The number of anilines is 1. The van der Waals surface area contributed by atoms with Crippen LogP contribution in [0.2, 0.25) is 5.02 Å². The van der Waals surface area contributed by atoms with Gasteiger partial charge in [0, 0.05) is 29.3 Å². The highest BCUT2D eigenvalue weighted by Gasteiger charge is 2.44. The summed E-state index contributed by atoms with van der Waals surface area (Å²) in [5, 5.41) is 11.4. The summed E-state index contributed by atoms with van der Waals surface area (Å²) in [5.74, 6) is -0.948. The van der Waals surface area contributed by atoms with E-state index in [4.69, 9.17) is 16.3 Å². The summed E-state index contributed by atoms with van der Waals surface area (Å²) in [5.41, 5.74) is 0.941. The van der Waals surface area contributed by atoms with E-state index in [0.29, 0.717) is 28.6 Å². The van der Waals surface area contributed by atoms with Crippen LogP contribution in [0.3, 0.4) is 0 Å². The van der Waals surface area contributed by atoms with E-state index >= 15 is 0 Å². The first-order valence-electron chi connectivity index (χ1n) is 11.2. The fourth-order valence-corrected chi connectivity index (χ4v) is 4.21. The van der Waals surface area contributed by atoms with Gasteiger partial charge in [-0.25, -0.2) is 4.90 Å². The van der Waals surface area contributed by atoms with Crippen molar-refractivity contribution in [1.82, 2.24) is 4.90 Å². The monoisotopic (exact) mass is 507 g/mol. The van der Waals surface area contributed by atoms with E-state index < -0.39 is 28.7 Å².